The van der Waals surface area contributed by atoms with E-state index in [0.29, 0.717) is 34.7 Å². The number of anilines is 2. The SMILES string of the molecule is COc1ccccc1N1C[C@H](C(=O)Oc2ccc(N3C(=O)[C@H]4[C@H]5CC[C@@H](C5)[C@@H]4C3=O)cc2)CC1=O. The number of imide groups is 1. The zero-order valence-corrected chi connectivity index (χ0v) is 19.4. The normalized spacial score (nSPS) is 29.2. The number of rotatable bonds is 5. The molecule has 0 spiro atoms. The average molecular weight is 475 g/mol. The first-order chi connectivity index (χ1) is 17.0. The fourth-order valence-corrected chi connectivity index (χ4v) is 6.48. The highest BCUT2D eigenvalue weighted by Crippen LogP contribution is 2.56. The molecule has 2 aromatic carbocycles. The van der Waals surface area contributed by atoms with E-state index in [4.69, 9.17) is 9.47 Å². The third-order valence-electron chi connectivity index (χ3n) is 8.08. The van der Waals surface area contributed by atoms with Crippen LogP contribution >= 0.6 is 0 Å². The van der Waals surface area contributed by atoms with Crippen molar-refractivity contribution in [1.82, 2.24) is 0 Å². The average Bonchev–Trinajstić information content (AvgIpc) is 3.63. The Labute approximate surface area is 202 Å². The van der Waals surface area contributed by atoms with Crippen LogP contribution in [-0.4, -0.2) is 37.3 Å². The molecular weight excluding hydrogens is 448 g/mol. The Morgan fingerprint density at radius 2 is 1.57 bits per heavy atom. The number of para-hydroxylation sites is 2. The molecule has 5 atom stereocenters. The Morgan fingerprint density at radius 1 is 0.914 bits per heavy atom. The van der Waals surface area contributed by atoms with Gasteiger partial charge in [-0.3, -0.25) is 24.1 Å². The number of amides is 3. The van der Waals surface area contributed by atoms with Crippen LogP contribution in [0.15, 0.2) is 48.5 Å². The largest absolute Gasteiger partial charge is 0.495 e. The molecule has 2 heterocycles. The quantitative estimate of drug-likeness (QED) is 0.375. The highest BCUT2D eigenvalue weighted by Gasteiger charge is 2.61. The maximum atomic E-state index is 13.0. The zero-order valence-electron chi connectivity index (χ0n) is 19.4. The van der Waals surface area contributed by atoms with E-state index in [1.165, 1.54) is 12.0 Å². The second-order valence-corrected chi connectivity index (χ2v) is 9.89. The number of nitrogens with zero attached hydrogens (tertiary/aromatic N) is 2. The van der Waals surface area contributed by atoms with E-state index >= 15 is 0 Å². The van der Waals surface area contributed by atoms with Crippen LogP contribution in [0.5, 0.6) is 11.5 Å². The molecule has 8 heteroatoms. The minimum Gasteiger partial charge on any atom is -0.495 e. The number of fused-ring (bicyclic) bond motifs is 5. The fourth-order valence-electron chi connectivity index (χ4n) is 6.48. The van der Waals surface area contributed by atoms with Crippen molar-refractivity contribution in [3.63, 3.8) is 0 Å². The van der Waals surface area contributed by atoms with Crippen molar-refractivity contribution in [2.45, 2.75) is 25.7 Å². The Bertz CT molecular complexity index is 1200. The summed E-state index contributed by atoms with van der Waals surface area (Å²) in [5.41, 5.74) is 1.13. The Balaban J connectivity index is 1.13. The van der Waals surface area contributed by atoms with Gasteiger partial charge in [0.15, 0.2) is 0 Å². The van der Waals surface area contributed by atoms with Crippen LogP contribution in [0.3, 0.4) is 0 Å². The van der Waals surface area contributed by atoms with Crippen LogP contribution in [0.25, 0.3) is 0 Å². The molecule has 2 aliphatic heterocycles. The molecule has 0 unspecified atom stereocenters. The van der Waals surface area contributed by atoms with E-state index in [9.17, 15) is 19.2 Å². The lowest BCUT2D eigenvalue weighted by atomic mass is 9.81. The molecule has 8 nitrogen and oxygen atoms in total. The lowest BCUT2D eigenvalue weighted by molar-refractivity contribution is -0.139. The van der Waals surface area contributed by atoms with E-state index < -0.39 is 11.9 Å². The van der Waals surface area contributed by atoms with Crippen molar-refractivity contribution in [3.8, 4) is 11.5 Å². The van der Waals surface area contributed by atoms with E-state index in [1.807, 2.05) is 12.1 Å². The Hall–Kier alpha value is -3.68. The van der Waals surface area contributed by atoms with Crippen molar-refractivity contribution in [2.24, 2.45) is 29.6 Å². The maximum absolute atomic E-state index is 13.0. The molecule has 2 saturated heterocycles. The minimum absolute atomic E-state index is 0.0524. The maximum Gasteiger partial charge on any atom is 0.316 e. The number of carbonyl (C=O) groups is 4. The Kier molecular flexibility index (Phi) is 5.12. The molecule has 2 bridgehead atoms. The van der Waals surface area contributed by atoms with Crippen LogP contribution < -0.4 is 19.3 Å². The summed E-state index contributed by atoms with van der Waals surface area (Å²) < 4.78 is 10.9. The fraction of sp³-hybridized carbons (Fsp3) is 0.407. The molecule has 35 heavy (non-hydrogen) atoms. The van der Waals surface area contributed by atoms with Gasteiger partial charge in [0.1, 0.15) is 11.5 Å². The lowest BCUT2D eigenvalue weighted by Gasteiger charge is -2.19. The highest BCUT2D eigenvalue weighted by atomic mass is 16.5. The number of hydrogen-bond donors (Lipinski definition) is 0. The van der Waals surface area contributed by atoms with Crippen molar-refractivity contribution in [2.75, 3.05) is 23.5 Å². The molecule has 6 rings (SSSR count). The molecule has 2 aliphatic carbocycles. The van der Waals surface area contributed by atoms with Gasteiger partial charge in [-0.05, 0) is 67.5 Å². The van der Waals surface area contributed by atoms with Crippen LogP contribution in [0.2, 0.25) is 0 Å². The van der Waals surface area contributed by atoms with E-state index in [0.717, 1.165) is 19.3 Å². The van der Waals surface area contributed by atoms with Crippen LogP contribution in [0, 0.1) is 29.6 Å². The topological polar surface area (TPSA) is 93.2 Å². The van der Waals surface area contributed by atoms with Gasteiger partial charge in [0, 0.05) is 13.0 Å². The van der Waals surface area contributed by atoms with Gasteiger partial charge in [-0.25, -0.2) is 0 Å². The molecule has 0 radical (unpaired) electrons. The second kappa shape index (κ2) is 8.22. The summed E-state index contributed by atoms with van der Waals surface area (Å²) in [6.45, 7) is 0.206. The highest BCUT2D eigenvalue weighted by molar-refractivity contribution is 6.22. The molecule has 3 amide bonds. The number of ether oxygens (including phenoxy) is 2. The number of esters is 1. The van der Waals surface area contributed by atoms with E-state index in [1.54, 1.807) is 41.3 Å². The predicted octanol–water partition coefficient (Wildman–Crippen LogP) is 3.19. The van der Waals surface area contributed by atoms with Crippen molar-refractivity contribution < 1.29 is 28.7 Å². The molecule has 180 valence electrons. The minimum atomic E-state index is -0.608. The molecule has 2 aromatic rings. The van der Waals surface area contributed by atoms with Crippen LogP contribution in [0.1, 0.15) is 25.7 Å². The third kappa shape index (κ3) is 3.42. The van der Waals surface area contributed by atoms with Crippen molar-refractivity contribution >= 4 is 35.1 Å². The first kappa shape index (κ1) is 21.8. The molecule has 0 aromatic heterocycles. The van der Waals surface area contributed by atoms with Gasteiger partial charge < -0.3 is 14.4 Å². The predicted molar refractivity (Wildman–Crippen MR) is 126 cm³/mol. The second-order valence-electron chi connectivity index (χ2n) is 9.89. The summed E-state index contributed by atoms with van der Waals surface area (Å²) >= 11 is 0. The van der Waals surface area contributed by atoms with Gasteiger partial charge in [0.05, 0.1) is 36.2 Å². The van der Waals surface area contributed by atoms with Gasteiger partial charge in [-0.1, -0.05) is 12.1 Å². The van der Waals surface area contributed by atoms with Crippen molar-refractivity contribution in [1.29, 1.82) is 0 Å². The summed E-state index contributed by atoms with van der Waals surface area (Å²) in [5, 5.41) is 0. The third-order valence-corrected chi connectivity index (χ3v) is 8.08. The zero-order chi connectivity index (χ0) is 24.3. The first-order valence-electron chi connectivity index (χ1n) is 12.1. The summed E-state index contributed by atoms with van der Waals surface area (Å²) in [6, 6.07) is 13.6. The molecule has 2 saturated carbocycles. The van der Waals surface area contributed by atoms with Crippen LogP contribution in [0.4, 0.5) is 11.4 Å². The number of methoxy groups -OCH3 is 1. The summed E-state index contributed by atoms with van der Waals surface area (Å²) in [7, 11) is 1.54. The number of carbonyl (C=O) groups excluding carboxylic acids is 4. The summed E-state index contributed by atoms with van der Waals surface area (Å²) in [5.74, 6) is -0.295. The van der Waals surface area contributed by atoms with Gasteiger partial charge in [-0.15, -0.1) is 0 Å². The van der Waals surface area contributed by atoms with E-state index in [-0.39, 0.29) is 42.5 Å². The number of hydrogen-bond acceptors (Lipinski definition) is 6. The van der Waals surface area contributed by atoms with Crippen LogP contribution in [-0.2, 0) is 19.2 Å². The van der Waals surface area contributed by atoms with Gasteiger partial charge >= 0.3 is 5.97 Å². The molecule has 4 aliphatic rings. The van der Waals surface area contributed by atoms with Gasteiger partial charge in [0.25, 0.3) is 0 Å². The van der Waals surface area contributed by atoms with Crippen molar-refractivity contribution in [3.05, 3.63) is 48.5 Å². The molecule has 4 fully saturated rings. The smallest absolute Gasteiger partial charge is 0.316 e. The molecule has 0 N–H and O–H groups in total. The summed E-state index contributed by atoms with van der Waals surface area (Å²) in [6.07, 6.45) is 3.11. The molecular formula is C27H26N2O6. The standard InChI is InChI=1S/C27H26N2O6/c1-34-21-5-3-2-4-20(21)28-14-17(13-22(28)30)27(33)35-19-10-8-18(9-11-19)29-25(31)23-15-6-7-16(12-15)24(23)26(29)32/h2-5,8-11,15-17,23-24H,6-7,12-14H2,1H3/t15-,16-,17+,23-,24-/m0/s1. The first-order valence-corrected chi connectivity index (χ1v) is 12.1. The lowest BCUT2D eigenvalue weighted by Crippen LogP contribution is -2.32. The monoisotopic (exact) mass is 474 g/mol. The summed E-state index contributed by atoms with van der Waals surface area (Å²) in [4.78, 5) is 54.3. The van der Waals surface area contributed by atoms with E-state index in [2.05, 4.69) is 0 Å². The van der Waals surface area contributed by atoms with Gasteiger partial charge in [0.2, 0.25) is 17.7 Å². The van der Waals surface area contributed by atoms with Gasteiger partial charge in [-0.2, -0.15) is 0 Å². The number of benzene rings is 2. The Morgan fingerprint density at radius 3 is 2.23 bits per heavy atom.